The van der Waals surface area contributed by atoms with Crippen LogP contribution in [0.2, 0.25) is 0 Å². The first kappa shape index (κ1) is 17.6. The van der Waals surface area contributed by atoms with Crippen molar-refractivity contribution in [2.45, 2.75) is 24.4 Å². The summed E-state index contributed by atoms with van der Waals surface area (Å²) in [6, 6.07) is -1.20. The van der Waals surface area contributed by atoms with Gasteiger partial charge in [-0.25, -0.2) is 4.57 Å². The van der Waals surface area contributed by atoms with Crippen molar-refractivity contribution < 1.29 is 38.3 Å². The summed E-state index contributed by atoms with van der Waals surface area (Å²) in [5, 5.41) is 15.5. The number of carbonyl (C=O) groups excluding carboxylic acids is 2. The highest BCUT2D eigenvalue weighted by atomic mass is 31.2. The number of aliphatic hydroxyl groups excluding tert-OH is 1. The number of amides is 2. The molecule has 13 heteroatoms. The summed E-state index contributed by atoms with van der Waals surface area (Å²) in [5.74, 6) is -2.34. The molecule has 0 bridgehead atoms. The number of carbonyl (C=O) groups is 2. The van der Waals surface area contributed by atoms with Gasteiger partial charge >= 0.3 is 7.82 Å². The second kappa shape index (κ2) is 6.77. The normalized spacial score (nSPS) is 34.1. The van der Waals surface area contributed by atoms with Crippen LogP contribution in [0.25, 0.3) is 10.4 Å². The van der Waals surface area contributed by atoms with E-state index in [2.05, 4.69) is 14.5 Å². The molecule has 2 heterocycles. The molecule has 4 N–H and O–H groups in total. The van der Waals surface area contributed by atoms with E-state index in [-0.39, 0.29) is 0 Å². The van der Waals surface area contributed by atoms with Crippen molar-refractivity contribution >= 4 is 19.6 Å². The first-order valence-corrected chi connectivity index (χ1v) is 7.87. The van der Waals surface area contributed by atoms with E-state index in [1.165, 1.54) is 6.08 Å². The topological polar surface area (TPSA) is 191 Å². The summed E-state index contributed by atoms with van der Waals surface area (Å²) >= 11 is 0. The highest BCUT2D eigenvalue weighted by molar-refractivity contribution is 7.46. The third-order valence-electron chi connectivity index (χ3n) is 3.35. The van der Waals surface area contributed by atoms with Crippen LogP contribution in [0.3, 0.4) is 0 Å². The van der Waals surface area contributed by atoms with Gasteiger partial charge in [-0.05, 0) is 5.53 Å². The predicted molar refractivity (Wildman–Crippen MR) is 71.4 cm³/mol. The molecule has 0 spiro atoms. The van der Waals surface area contributed by atoms with Crippen molar-refractivity contribution in [1.29, 1.82) is 0 Å². The molecule has 12 nitrogen and oxygen atoms in total. The molecular formula is C10H13N4O8P. The number of aliphatic hydroxyl groups is 1. The molecule has 1 fully saturated rings. The summed E-state index contributed by atoms with van der Waals surface area (Å²) in [5.41, 5.74) is 8.58. The van der Waals surface area contributed by atoms with Crippen LogP contribution in [0.15, 0.2) is 17.3 Å². The van der Waals surface area contributed by atoms with E-state index in [0.717, 1.165) is 6.08 Å². The van der Waals surface area contributed by atoms with E-state index >= 15 is 0 Å². The number of rotatable bonds is 5. The monoisotopic (exact) mass is 348 g/mol. The number of nitrogens with zero attached hydrogens (tertiary/aromatic N) is 3. The lowest BCUT2D eigenvalue weighted by Gasteiger charge is -2.24. The molecule has 0 aliphatic carbocycles. The largest absolute Gasteiger partial charge is 0.469 e. The molecule has 0 aromatic carbocycles. The smallest absolute Gasteiger partial charge is 0.390 e. The van der Waals surface area contributed by atoms with Gasteiger partial charge in [0.2, 0.25) is 11.8 Å². The molecule has 0 radical (unpaired) electrons. The zero-order valence-electron chi connectivity index (χ0n) is 11.4. The minimum atomic E-state index is -4.78. The van der Waals surface area contributed by atoms with E-state index in [1.807, 2.05) is 5.32 Å². The van der Waals surface area contributed by atoms with Crippen LogP contribution in [-0.2, 0) is 23.4 Å². The molecule has 2 rings (SSSR count). The average molecular weight is 348 g/mol. The average Bonchev–Trinajstić information content (AvgIpc) is 2.74. The molecule has 0 saturated carbocycles. The van der Waals surface area contributed by atoms with Gasteiger partial charge in [0.15, 0.2) is 0 Å². The zero-order chi connectivity index (χ0) is 17.2. The number of imide groups is 1. The number of hydrogen-bond donors (Lipinski definition) is 4. The van der Waals surface area contributed by atoms with Crippen LogP contribution in [0.4, 0.5) is 0 Å². The predicted octanol–water partition coefficient (Wildman–Crippen LogP) is -1.27. The summed E-state index contributed by atoms with van der Waals surface area (Å²) in [6.45, 7) is -0.670. The van der Waals surface area contributed by atoms with Gasteiger partial charge in [0.1, 0.15) is 6.10 Å². The van der Waals surface area contributed by atoms with E-state index in [4.69, 9.17) is 20.1 Å². The molecule has 5 unspecified atom stereocenters. The van der Waals surface area contributed by atoms with Gasteiger partial charge in [0.25, 0.3) is 0 Å². The van der Waals surface area contributed by atoms with Crippen molar-refractivity contribution in [3.8, 4) is 0 Å². The Hall–Kier alpha value is -1.78. The van der Waals surface area contributed by atoms with Gasteiger partial charge in [-0.1, -0.05) is 11.2 Å². The van der Waals surface area contributed by atoms with Crippen LogP contribution in [0, 0.1) is 5.92 Å². The second-order valence-corrected chi connectivity index (χ2v) is 6.09. The highest BCUT2D eigenvalue weighted by Crippen LogP contribution is 2.38. The molecule has 1 saturated heterocycles. The van der Waals surface area contributed by atoms with Gasteiger partial charge in [-0.2, -0.15) is 0 Å². The Morgan fingerprint density at radius 2 is 2.17 bits per heavy atom. The minimum absolute atomic E-state index is 0.619. The van der Waals surface area contributed by atoms with Crippen molar-refractivity contribution in [2.24, 2.45) is 11.0 Å². The molecular weight excluding hydrogens is 335 g/mol. The molecule has 2 aliphatic rings. The summed E-state index contributed by atoms with van der Waals surface area (Å²) in [4.78, 5) is 42.8. The Bertz CT molecular complexity index is 626. The standard InChI is InChI=1S/C10H13N4O8P/c11-14-13-7-8(16)5(3-21-23(18,19)20)22-9(7)4-1-2-6(15)12-10(4)17/h1-2,4-5,7-9,16H,3H2,(H,12,15,17)(H2,18,19,20). The van der Waals surface area contributed by atoms with Gasteiger partial charge < -0.3 is 19.6 Å². The third kappa shape index (κ3) is 4.15. The third-order valence-corrected chi connectivity index (χ3v) is 3.83. The van der Waals surface area contributed by atoms with Crippen LogP contribution < -0.4 is 5.32 Å². The summed E-state index contributed by atoms with van der Waals surface area (Å²) in [7, 11) is -4.78. The maximum Gasteiger partial charge on any atom is 0.469 e. The van der Waals surface area contributed by atoms with Crippen molar-refractivity contribution in [3.63, 3.8) is 0 Å². The number of hydrogen-bond acceptors (Lipinski definition) is 7. The second-order valence-electron chi connectivity index (χ2n) is 4.85. The van der Waals surface area contributed by atoms with Crippen LogP contribution in [0.5, 0.6) is 0 Å². The van der Waals surface area contributed by atoms with Gasteiger partial charge in [0, 0.05) is 11.0 Å². The minimum Gasteiger partial charge on any atom is -0.390 e. The Balaban J connectivity index is 2.19. The Morgan fingerprint density at radius 3 is 2.74 bits per heavy atom. The molecule has 5 atom stereocenters. The van der Waals surface area contributed by atoms with Crippen molar-refractivity contribution in [2.75, 3.05) is 6.61 Å². The van der Waals surface area contributed by atoms with E-state index in [1.54, 1.807) is 0 Å². The lowest BCUT2D eigenvalue weighted by Crippen LogP contribution is -2.45. The van der Waals surface area contributed by atoms with Gasteiger partial charge in [-0.15, -0.1) is 0 Å². The quantitative estimate of drug-likeness (QED) is 0.155. The Kier molecular flexibility index (Phi) is 5.17. The zero-order valence-corrected chi connectivity index (χ0v) is 12.3. The summed E-state index contributed by atoms with van der Waals surface area (Å²) < 4.78 is 20.4. The van der Waals surface area contributed by atoms with Crippen molar-refractivity contribution in [3.05, 3.63) is 22.6 Å². The first-order chi connectivity index (χ1) is 10.7. The highest BCUT2D eigenvalue weighted by Gasteiger charge is 2.49. The van der Waals surface area contributed by atoms with Gasteiger partial charge in [0.05, 0.1) is 30.8 Å². The van der Waals surface area contributed by atoms with E-state index < -0.39 is 56.5 Å². The van der Waals surface area contributed by atoms with E-state index in [9.17, 15) is 19.3 Å². The molecule has 2 amide bonds. The molecule has 2 aliphatic heterocycles. The Labute approximate surface area is 128 Å². The number of ether oxygens (including phenoxy) is 1. The molecule has 126 valence electrons. The van der Waals surface area contributed by atoms with Crippen molar-refractivity contribution in [1.82, 2.24) is 5.32 Å². The van der Waals surface area contributed by atoms with Gasteiger partial charge in [-0.3, -0.25) is 19.4 Å². The number of phosphoric acid groups is 1. The Morgan fingerprint density at radius 1 is 1.48 bits per heavy atom. The number of azide groups is 1. The fraction of sp³-hybridized carbons (Fsp3) is 0.600. The number of nitrogens with one attached hydrogen (secondary N) is 1. The van der Waals surface area contributed by atoms with Crippen LogP contribution in [-0.4, -0.2) is 57.7 Å². The lowest BCUT2D eigenvalue weighted by molar-refractivity contribution is -0.134. The van der Waals surface area contributed by atoms with Crippen LogP contribution in [0.1, 0.15) is 0 Å². The fourth-order valence-electron chi connectivity index (χ4n) is 2.36. The SMILES string of the molecule is [N-]=[N+]=NC1C(O)C(COP(=O)(O)O)OC1C1C=CC(=O)NC1=O. The molecule has 0 aromatic rings. The summed E-state index contributed by atoms with van der Waals surface area (Å²) in [6.07, 6.45) is -1.45. The number of phosphoric ester groups is 1. The van der Waals surface area contributed by atoms with Crippen LogP contribution >= 0.6 is 7.82 Å². The molecule has 23 heavy (non-hydrogen) atoms. The maximum atomic E-state index is 11.8. The lowest BCUT2D eigenvalue weighted by atomic mass is 9.92. The molecule has 0 aromatic heterocycles. The maximum absolute atomic E-state index is 11.8. The van der Waals surface area contributed by atoms with E-state index in [0.29, 0.717) is 0 Å². The fourth-order valence-corrected chi connectivity index (χ4v) is 2.70. The first-order valence-electron chi connectivity index (χ1n) is 6.34.